The SMILES string of the molecule is c1ccc2c(c1)CNCCN(Cc1ccc(CN3CCCSCCCNCCCSCCC3)cc1)CCNCc1ccccc1OCCO2. The second-order valence-corrected chi connectivity index (χ2v) is 15.5. The average Bonchev–Trinajstić information content (AvgIpc) is 3.12. The Morgan fingerprint density at radius 1 is 0.490 bits per heavy atom. The van der Waals surface area contributed by atoms with Gasteiger partial charge in [-0.1, -0.05) is 60.7 Å². The normalized spacial score (nSPS) is 19.8. The van der Waals surface area contributed by atoms with Crippen molar-refractivity contribution in [3.63, 3.8) is 0 Å². The fraction of sp³-hybridized carbons (Fsp3) is 0.550. The number of thioether (sulfide) groups is 2. The molecular weight excluding hydrogens is 647 g/mol. The highest BCUT2D eigenvalue weighted by Crippen LogP contribution is 2.20. The molecule has 0 spiro atoms. The first-order chi connectivity index (χ1) is 24.3. The maximum Gasteiger partial charge on any atom is 0.123 e. The Hall–Kier alpha value is -2.24. The molecule has 0 aliphatic carbocycles. The quantitative estimate of drug-likeness (QED) is 0.292. The van der Waals surface area contributed by atoms with Crippen molar-refractivity contribution in [3.05, 3.63) is 95.1 Å². The molecule has 1 fully saturated rings. The van der Waals surface area contributed by atoms with E-state index < -0.39 is 0 Å². The summed E-state index contributed by atoms with van der Waals surface area (Å²) in [5.74, 6) is 6.94. The van der Waals surface area contributed by atoms with Crippen molar-refractivity contribution in [2.24, 2.45) is 0 Å². The molecule has 2 aliphatic rings. The monoisotopic (exact) mass is 705 g/mol. The third-order valence-corrected chi connectivity index (χ3v) is 11.3. The van der Waals surface area contributed by atoms with Gasteiger partial charge in [0.1, 0.15) is 24.7 Å². The Morgan fingerprint density at radius 3 is 1.45 bits per heavy atom. The summed E-state index contributed by atoms with van der Waals surface area (Å²) < 4.78 is 12.3. The van der Waals surface area contributed by atoms with E-state index in [0.29, 0.717) is 13.2 Å². The average molecular weight is 706 g/mol. The molecule has 49 heavy (non-hydrogen) atoms. The first-order valence-electron chi connectivity index (χ1n) is 18.5. The molecule has 2 heterocycles. The van der Waals surface area contributed by atoms with Gasteiger partial charge in [0, 0.05) is 63.5 Å². The lowest BCUT2D eigenvalue weighted by Crippen LogP contribution is -2.36. The molecule has 3 aromatic rings. The van der Waals surface area contributed by atoms with Gasteiger partial charge in [0.05, 0.1) is 0 Å². The van der Waals surface area contributed by atoms with Crippen LogP contribution < -0.4 is 25.4 Å². The van der Waals surface area contributed by atoms with Gasteiger partial charge < -0.3 is 25.4 Å². The number of hydrogen-bond donors (Lipinski definition) is 3. The second kappa shape index (κ2) is 23.3. The highest BCUT2D eigenvalue weighted by molar-refractivity contribution is 7.99. The number of para-hydroxylation sites is 2. The molecule has 0 bridgehead atoms. The van der Waals surface area contributed by atoms with Crippen LogP contribution in [0.3, 0.4) is 0 Å². The number of hydrogen-bond acceptors (Lipinski definition) is 9. The van der Waals surface area contributed by atoms with Crippen LogP contribution >= 0.6 is 23.5 Å². The number of rotatable bonds is 4. The van der Waals surface area contributed by atoms with Crippen molar-refractivity contribution < 1.29 is 9.47 Å². The Balaban J connectivity index is 1.16. The Kier molecular flexibility index (Phi) is 18.1. The highest BCUT2D eigenvalue weighted by atomic mass is 32.2. The van der Waals surface area contributed by atoms with E-state index in [-0.39, 0.29) is 0 Å². The van der Waals surface area contributed by atoms with Crippen molar-refractivity contribution in [1.29, 1.82) is 0 Å². The lowest BCUT2D eigenvalue weighted by molar-refractivity contribution is 0.214. The predicted molar refractivity (Wildman–Crippen MR) is 210 cm³/mol. The summed E-state index contributed by atoms with van der Waals surface area (Å²) >= 11 is 4.25. The van der Waals surface area contributed by atoms with Crippen molar-refractivity contribution in [3.8, 4) is 11.5 Å². The first-order valence-corrected chi connectivity index (χ1v) is 20.9. The summed E-state index contributed by atoms with van der Waals surface area (Å²) in [6.07, 6.45) is 5.12. The molecule has 0 atom stereocenters. The standard InChI is InChI=1S/C40H59N5O2S2/c1-3-11-39-37(9-1)31-42-19-23-45(24-20-43-32-38-10-2-4-12-40(38)47-26-25-46-39)34-36-15-13-35(14-16-36)33-44-21-7-29-48-27-5-17-41-18-6-28-49-30-8-22-44/h1-4,9-16,41-43H,5-8,17-34H2. The zero-order valence-corrected chi connectivity index (χ0v) is 31.1. The van der Waals surface area contributed by atoms with Crippen molar-refractivity contribution >= 4 is 23.5 Å². The minimum absolute atomic E-state index is 0.514. The van der Waals surface area contributed by atoms with Gasteiger partial charge >= 0.3 is 0 Å². The summed E-state index contributed by atoms with van der Waals surface area (Å²) in [7, 11) is 0. The van der Waals surface area contributed by atoms with E-state index in [4.69, 9.17) is 9.47 Å². The number of fused-ring (bicyclic) bond motifs is 2. The van der Waals surface area contributed by atoms with Crippen molar-refractivity contribution in [1.82, 2.24) is 25.8 Å². The van der Waals surface area contributed by atoms with E-state index in [9.17, 15) is 0 Å². The van der Waals surface area contributed by atoms with Crippen LogP contribution in [-0.2, 0) is 26.2 Å². The molecule has 0 aromatic heterocycles. The Morgan fingerprint density at radius 2 is 0.939 bits per heavy atom. The number of nitrogens with zero attached hydrogens (tertiary/aromatic N) is 2. The Bertz CT molecular complexity index is 1240. The molecule has 7 nitrogen and oxygen atoms in total. The third-order valence-electron chi connectivity index (χ3n) is 9.03. The molecule has 5 rings (SSSR count). The predicted octanol–water partition coefficient (Wildman–Crippen LogP) is 6.27. The van der Waals surface area contributed by atoms with Crippen LogP contribution in [0.25, 0.3) is 0 Å². The summed E-state index contributed by atoms with van der Waals surface area (Å²) in [6, 6.07) is 26.1. The maximum absolute atomic E-state index is 6.14. The van der Waals surface area contributed by atoms with E-state index in [1.54, 1.807) is 0 Å². The first kappa shape index (κ1) is 38.0. The van der Waals surface area contributed by atoms with Crippen LogP contribution in [0.2, 0.25) is 0 Å². The van der Waals surface area contributed by atoms with Crippen LogP contribution in [-0.4, -0.2) is 98.4 Å². The van der Waals surface area contributed by atoms with Crippen LogP contribution in [0, 0.1) is 0 Å². The molecule has 2 aliphatic heterocycles. The second-order valence-electron chi connectivity index (χ2n) is 13.0. The van der Waals surface area contributed by atoms with Gasteiger partial charge in [-0.25, -0.2) is 0 Å². The van der Waals surface area contributed by atoms with Crippen LogP contribution in [0.15, 0.2) is 72.8 Å². The molecule has 9 heteroatoms. The van der Waals surface area contributed by atoms with Gasteiger partial charge in [0.15, 0.2) is 0 Å². The van der Waals surface area contributed by atoms with E-state index in [1.165, 1.54) is 97.1 Å². The van der Waals surface area contributed by atoms with Crippen LogP contribution in [0.5, 0.6) is 11.5 Å². The summed E-state index contributed by atoms with van der Waals surface area (Å²) in [5.41, 5.74) is 5.17. The minimum atomic E-state index is 0.514. The molecule has 1 saturated heterocycles. The smallest absolute Gasteiger partial charge is 0.123 e. The minimum Gasteiger partial charge on any atom is -0.490 e. The molecule has 3 aromatic carbocycles. The largest absolute Gasteiger partial charge is 0.490 e. The third kappa shape index (κ3) is 14.9. The van der Waals surface area contributed by atoms with Gasteiger partial charge in [-0.3, -0.25) is 9.80 Å². The molecule has 0 radical (unpaired) electrons. The Labute approximate surface area is 304 Å². The lowest BCUT2D eigenvalue weighted by Gasteiger charge is -2.24. The van der Waals surface area contributed by atoms with Gasteiger partial charge in [-0.05, 0) is 98.1 Å². The molecule has 0 amide bonds. The fourth-order valence-corrected chi connectivity index (χ4v) is 8.09. The fourth-order valence-electron chi connectivity index (χ4n) is 6.32. The van der Waals surface area contributed by atoms with E-state index in [1.807, 2.05) is 12.1 Å². The van der Waals surface area contributed by atoms with Gasteiger partial charge in [-0.2, -0.15) is 23.5 Å². The lowest BCUT2D eigenvalue weighted by atomic mass is 10.1. The maximum atomic E-state index is 6.14. The zero-order chi connectivity index (χ0) is 33.6. The number of nitrogens with one attached hydrogen (secondary N) is 3. The van der Waals surface area contributed by atoms with E-state index >= 15 is 0 Å². The van der Waals surface area contributed by atoms with Gasteiger partial charge in [0.25, 0.3) is 0 Å². The molecular formula is C40H59N5O2S2. The van der Waals surface area contributed by atoms with Crippen LogP contribution in [0.4, 0.5) is 0 Å². The molecule has 268 valence electrons. The number of ether oxygens (including phenoxy) is 2. The summed E-state index contributed by atoms with van der Waals surface area (Å²) in [6.45, 7) is 13.1. The van der Waals surface area contributed by atoms with E-state index in [2.05, 4.69) is 110 Å². The van der Waals surface area contributed by atoms with Gasteiger partial charge in [0.2, 0.25) is 0 Å². The van der Waals surface area contributed by atoms with Gasteiger partial charge in [-0.15, -0.1) is 0 Å². The summed E-state index contributed by atoms with van der Waals surface area (Å²) in [4.78, 5) is 5.26. The molecule has 0 unspecified atom stereocenters. The van der Waals surface area contributed by atoms with Crippen molar-refractivity contribution in [2.45, 2.75) is 51.9 Å². The molecule has 0 saturated carbocycles. The van der Waals surface area contributed by atoms with Crippen LogP contribution in [0.1, 0.15) is 47.9 Å². The topological polar surface area (TPSA) is 61.0 Å². The highest BCUT2D eigenvalue weighted by Gasteiger charge is 2.11. The van der Waals surface area contributed by atoms with Crippen molar-refractivity contribution in [2.75, 3.05) is 88.6 Å². The number of benzene rings is 3. The zero-order valence-electron chi connectivity index (χ0n) is 29.5. The molecule has 3 N–H and O–H groups in total. The van der Waals surface area contributed by atoms with E-state index in [0.717, 1.165) is 63.9 Å². The summed E-state index contributed by atoms with van der Waals surface area (Å²) in [5, 5.41) is 11.0.